The number of amides is 1. The molecule has 6 heteroatoms. The molecule has 4 rings (SSSR count). The highest BCUT2D eigenvalue weighted by Gasteiger charge is 2.17. The Morgan fingerprint density at radius 1 is 1.12 bits per heavy atom. The summed E-state index contributed by atoms with van der Waals surface area (Å²) in [6.07, 6.45) is 0. The standard InChI is InChI=1S/C20H12ClF2N2O/c21-12-5-6-13-18(9-12)25(10-11-4-7-15(22)16(23)8-11)17-3-1-2-14(19(13)17)20(24)26/h1-5,7-9H,10H2,(H2,24,26). The molecule has 0 unspecified atom stereocenters. The molecule has 1 heterocycles. The quantitative estimate of drug-likeness (QED) is 0.560. The third kappa shape index (κ3) is 2.61. The number of rotatable bonds is 3. The van der Waals surface area contributed by atoms with Crippen LogP contribution in [-0.4, -0.2) is 10.5 Å². The van der Waals surface area contributed by atoms with Crippen molar-refractivity contribution in [3.05, 3.63) is 82.4 Å². The van der Waals surface area contributed by atoms with Crippen LogP contribution in [0, 0.1) is 17.7 Å². The fourth-order valence-corrected chi connectivity index (χ4v) is 3.38. The van der Waals surface area contributed by atoms with Gasteiger partial charge in [0.25, 0.3) is 0 Å². The predicted octanol–water partition coefficient (Wildman–Crippen LogP) is 4.67. The lowest BCUT2D eigenvalue weighted by Crippen LogP contribution is -2.11. The molecule has 1 amide bonds. The third-order valence-electron chi connectivity index (χ3n) is 4.35. The Hall–Kier alpha value is -2.92. The summed E-state index contributed by atoms with van der Waals surface area (Å²) in [5.74, 6) is -2.36. The van der Waals surface area contributed by atoms with Gasteiger partial charge in [0.1, 0.15) is 0 Å². The number of fused-ring (bicyclic) bond motifs is 3. The van der Waals surface area contributed by atoms with Crippen molar-refractivity contribution in [3.8, 4) is 0 Å². The second-order valence-electron chi connectivity index (χ2n) is 5.98. The summed E-state index contributed by atoms with van der Waals surface area (Å²) in [7, 11) is 0. The largest absolute Gasteiger partial charge is 0.366 e. The topological polar surface area (TPSA) is 48.0 Å². The zero-order valence-electron chi connectivity index (χ0n) is 13.4. The van der Waals surface area contributed by atoms with E-state index < -0.39 is 17.5 Å². The number of carbonyl (C=O) groups is 1. The minimum atomic E-state index is -0.911. The van der Waals surface area contributed by atoms with Crippen molar-refractivity contribution in [3.63, 3.8) is 0 Å². The molecule has 0 fully saturated rings. The lowest BCUT2D eigenvalue weighted by molar-refractivity contribution is 0.100. The molecule has 26 heavy (non-hydrogen) atoms. The number of hydrogen-bond donors (Lipinski definition) is 1. The lowest BCUT2D eigenvalue weighted by Gasteiger charge is -2.09. The molecule has 1 radical (unpaired) electrons. The van der Waals surface area contributed by atoms with Gasteiger partial charge in [-0.15, -0.1) is 0 Å². The molecule has 0 atom stereocenters. The first-order valence-electron chi connectivity index (χ1n) is 7.81. The normalized spacial score (nSPS) is 11.3. The molecule has 0 aliphatic heterocycles. The van der Waals surface area contributed by atoms with Crippen LogP contribution in [0.1, 0.15) is 15.9 Å². The summed E-state index contributed by atoms with van der Waals surface area (Å²) in [6.45, 7) is 0.271. The van der Waals surface area contributed by atoms with E-state index in [1.54, 1.807) is 24.3 Å². The highest BCUT2D eigenvalue weighted by molar-refractivity contribution is 6.31. The maximum Gasteiger partial charge on any atom is 0.249 e. The molecule has 4 aromatic rings. The zero-order valence-corrected chi connectivity index (χ0v) is 14.1. The Morgan fingerprint density at radius 2 is 1.92 bits per heavy atom. The van der Waals surface area contributed by atoms with Crippen LogP contribution in [0.25, 0.3) is 21.8 Å². The molecule has 0 bridgehead atoms. The average Bonchev–Trinajstić information content (AvgIpc) is 2.91. The van der Waals surface area contributed by atoms with Gasteiger partial charge in [0.15, 0.2) is 11.6 Å². The van der Waals surface area contributed by atoms with Crippen LogP contribution in [-0.2, 0) is 6.54 Å². The van der Waals surface area contributed by atoms with Crippen molar-refractivity contribution < 1.29 is 13.6 Å². The second kappa shape index (κ2) is 6.11. The van der Waals surface area contributed by atoms with Gasteiger partial charge in [-0.25, -0.2) is 8.78 Å². The summed E-state index contributed by atoms with van der Waals surface area (Å²) < 4.78 is 28.7. The van der Waals surface area contributed by atoms with E-state index in [0.29, 0.717) is 26.9 Å². The van der Waals surface area contributed by atoms with Gasteiger partial charge in [-0.05, 0) is 48.0 Å². The van der Waals surface area contributed by atoms with Gasteiger partial charge in [-0.3, -0.25) is 4.79 Å². The Kier molecular flexibility index (Phi) is 3.89. The van der Waals surface area contributed by atoms with Gasteiger partial charge in [0, 0.05) is 27.9 Å². The van der Waals surface area contributed by atoms with Crippen LogP contribution in [0.4, 0.5) is 8.78 Å². The van der Waals surface area contributed by atoms with Gasteiger partial charge in [0.05, 0.1) is 11.0 Å². The van der Waals surface area contributed by atoms with Crippen LogP contribution in [0.15, 0.2) is 48.5 Å². The Morgan fingerprint density at radius 3 is 2.65 bits per heavy atom. The molecule has 0 spiro atoms. The van der Waals surface area contributed by atoms with Crippen molar-refractivity contribution in [1.29, 1.82) is 0 Å². The first kappa shape index (κ1) is 16.5. The van der Waals surface area contributed by atoms with E-state index in [1.165, 1.54) is 6.07 Å². The number of carbonyl (C=O) groups excluding carboxylic acids is 1. The first-order chi connectivity index (χ1) is 12.5. The van der Waals surface area contributed by atoms with E-state index in [4.69, 9.17) is 17.3 Å². The molecule has 3 aromatic carbocycles. The number of benzene rings is 3. The second-order valence-corrected chi connectivity index (χ2v) is 6.41. The van der Waals surface area contributed by atoms with Gasteiger partial charge < -0.3 is 10.3 Å². The van der Waals surface area contributed by atoms with E-state index in [1.807, 2.05) is 10.6 Å². The summed E-state index contributed by atoms with van der Waals surface area (Å²) in [4.78, 5) is 11.9. The molecule has 129 valence electrons. The molecule has 0 saturated heterocycles. The molecule has 1 aromatic heterocycles. The van der Waals surface area contributed by atoms with Crippen molar-refractivity contribution in [2.24, 2.45) is 5.73 Å². The number of nitrogens with zero attached hydrogens (tertiary/aromatic N) is 1. The number of nitrogens with two attached hydrogens (primary N) is 1. The first-order valence-corrected chi connectivity index (χ1v) is 8.19. The summed E-state index contributed by atoms with van der Waals surface area (Å²) >= 11 is 6.12. The van der Waals surface area contributed by atoms with Gasteiger partial charge in [-0.1, -0.05) is 23.7 Å². The van der Waals surface area contributed by atoms with Crippen LogP contribution in [0.2, 0.25) is 5.02 Å². The van der Waals surface area contributed by atoms with E-state index in [0.717, 1.165) is 23.2 Å². The van der Waals surface area contributed by atoms with Crippen LogP contribution < -0.4 is 5.73 Å². The predicted molar refractivity (Wildman–Crippen MR) is 97.3 cm³/mol. The third-order valence-corrected chi connectivity index (χ3v) is 4.57. The van der Waals surface area contributed by atoms with Crippen LogP contribution >= 0.6 is 11.6 Å². The number of halogens is 3. The summed E-state index contributed by atoms with van der Waals surface area (Å²) in [6, 6.07) is 15.4. The Bertz CT molecular complexity index is 1180. The van der Waals surface area contributed by atoms with E-state index in [-0.39, 0.29) is 6.54 Å². The van der Waals surface area contributed by atoms with Crippen molar-refractivity contribution >= 4 is 39.3 Å². The van der Waals surface area contributed by atoms with Crippen molar-refractivity contribution in [2.45, 2.75) is 6.54 Å². The fraction of sp³-hybridized carbons (Fsp3) is 0.0500. The maximum absolute atomic E-state index is 13.6. The van der Waals surface area contributed by atoms with Gasteiger partial charge in [0.2, 0.25) is 5.91 Å². The fourth-order valence-electron chi connectivity index (χ4n) is 3.23. The van der Waals surface area contributed by atoms with Gasteiger partial charge >= 0.3 is 0 Å². The summed E-state index contributed by atoms with van der Waals surface area (Å²) in [5, 5.41) is 1.84. The molecular formula is C20H12ClF2N2O. The minimum Gasteiger partial charge on any atom is -0.366 e. The van der Waals surface area contributed by atoms with Crippen molar-refractivity contribution in [2.75, 3.05) is 0 Å². The Labute approximate surface area is 152 Å². The minimum absolute atomic E-state index is 0.271. The molecule has 2 N–H and O–H groups in total. The maximum atomic E-state index is 13.6. The van der Waals surface area contributed by atoms with E-state index >= 15 is 0 Å². The molecule has 3 nitrogen and oxygen atoms in total. The smallest absolute Gasteiger partial charge is 0.249 e. The van der Waals surface area contributed by atoms with Gasteiger partial charge in [-0.2, -0.15) is 0 Å². The number of primary amides is 1. The van der Waals surface area contributed by atoms with Crippen LogP contribution in [0.5, 0.6) is 0 Å². The van der Waals surface area contributed by atoms with E-state index in [9.17, 15) is 13.6 Å². The highest BCUT2D eigenvalue weighted by atomic mass is 35.5. The van der Waals surface area contributed by atoms with Crippen LogP contribution in [0.3, 0.4) is 0 Å². The highest BCUT2D eigenvalue weighted by Crippen LogP contribution is 2.33. The molecular weight excluding hydrogens is 358 g/mol. The molecule has 0 aliphatic rings. The number of aromatic nitrogens is 1. The van der Waals surface area contributed by atoms with E-state index in [2.05, 4.69) is 6.07 Å². The molecule has 0 saturated carbocycles. The van der Waals surface area contributed by atoms with Crippen molar-refractivity contribution in [1.82, 2.24) is 4.57 Å². The monoisotopic (exact) mass is 369 g/mol. The summed E-state index contributed by atoms with van der Waals surface area (Å²) in [5.41, 5.74) is 7.93. The lowest BCUT2D eigenvalue weighted by atomic mass is 10.1. The average molecular weight is 370 g/mol. The molecule has 0 aliphatic carbocycles. The Balaban J connectivity index is 2.03. The SMILES string of the molecule is NC(=O)c1cccc2c1c1[c]cc(Cl)cc1n2Cc1ccc(F)c(F)c1. The number of hydrogen-bond acceptors (Lipinski definition) is 1. The zero-order chi connectivity index (χ0) is 18.4.